The van der Waals surface area contributed by atoms with E-state index in [-0.39, 0.29) is 10.9 Å². The predicted molar refractivity (Wildman–Crippen MR) is 86.4 cm³/mol. The quantitative estimate of drug-likeness (QED) is 0.872. The van der Waals surface area contributed by atoms with Crippen LogP contribution in [0.5, 0.6) is 0 Å². The molecule has 7 heteroatoms. The fraction of sp³-hybridized carbons (Fsp3) is 0.533. The third-order valence-electron chi connectivity index (χ3n) is 3.60. The lowest BCUT2D eigenvalue weighted by atomic mass is 10.1. The molecular weight excluding hydrogens is 302 g/mol. The van der Waals surface area contributed by atoms with Gasteiger partial charge in [-0.1, -0.05) is 6.92 Å². The lowest BCUT2D eigenvalue weighted by molar-refractivity contribution is 0.200. The molecular formula is C15H23N3O3S. The molecule has 0 saturated carbocycles. The Morgan fingerprint density at radius 1 is 1.14 bits per heavy atom. The molecule has 1 aliphatic rings. The van der Waals surface area contributed by atoms with Crippen LogP contribution in [-0.2, 0) is 10.0 Å². The summed E-state index contributed by atoms with van der Waals surface area (Å²) >= 11 is 0. The lowest BCUT2D eigenvalue weighted by Crippen LogP contribution is -2.38. The predicted octanol–water partition coefficient (Wildman–Crippen LogP) is 2.39. The average Bonchev–Trinajstić information content (AvgIpc) is 2.54. The molecule has 1 saturated heterocycles. The molecule has 0 unspecified atom stereocenters. The molecule has 0 aromatic heterocycles. The molecule has 0 aliphatic carbocycles. The van der Waals surface area contributed by atoms with E-state index in [1.807, 2.05) is 6.92 Å². The van der Waals surface area contributed by atoms with E-state index < -0.39 is 10.0 Å². The Morgan fingerprint density at radius 3 is 2.36 bits per heavy atom. The van der Waals surface area contributed by atoms with E-state index in [0.29, 0.717) is 12.2 Å². The number of piperidine rings is 1. The van der Waals surface area contributed by atoms with Gasteiger partial charge in [-0.3, -0.25) is 0 Å². The van der Waals surface area contributed by atoms with Gasteiger partial charge in [0.15, 0.2) is 0 Å². The summed E-state index contributed by atoms with van der Waals surface area (Å²) < 4.78 is 26.4. The number of hydrogen-bond acceptors (Lipinski definition) is 3. The van der Waals surface area contributed by atoms with Gasteiger partial charge in [-0.05, 0) is 49.9 Å². The normalized spacial score (nSPS) is 15.6. The van der Waals surface area contributed by atoms with Crippen molar-refractivity contribution in [3.05, 3.63) is 24.3 Å². The van der Waals surface area contributed by atoms with E-state index in [4.69, 9.17) is 0 Å². The van der Waals surface area contributed by atoms with Crippen LogP contribution in [-0.4, -0.2) is 39.0 Å². The topological polar surface area (TPSA) is 78.5 Å². The molecule has 6 nitrogen and oxygen atoms in total. The number of rotatable bonds is 5. The van der Waals surface area contributed by atoms with Crippen LogP contribution in [0.1, 0.15) is 32.6 Å². The van der Waals surface area contributed by atoms with E-state index in [1.54, 1.807) is 17.0 Å². The Bertz CT molecular complexity index is 593. The summed E-state index contributed by atoms with van der Waals surface area (Å²) in [5.41, 5.74) is 0.602. The molecule has 22 heavy (non-hydrogen) atoms. The Labute approximate surface area is 131 Å². The van der Waals surface area contributed by atoms with Crippen LogP contribution in [0.15, 0.2) is 29.2 Å². The molecule has 1 aromatic rings. The maximum atomic E-state index is 12.1. The average molecular weight is 325 g/mol. The number of sulfonamides is 1. The van der Waals surface area contributed by atoms with Crippen LogP contribution >= 0.6 is 0 Å². The highest BCUT2D eigenvalue weighted by molar-refractivity contribution is 7.89. The number of carbonyl (C=O) groups excluding carboxylic acids is 1. The number of urea groups is 1. The van der Waals surface area contributed by atoms with Gasteiger partial charge in [0.05, 0.1) is 4.90 Å². The van der Waals surface area contributed by atoms with Gasteiger partial charge in [0.1, 0.15) is 0 Å². The highest BCUT2D eigenvalue weighted by atomic mass is 32.2. The molecule has 2 amide bonds. The summed E-state index contributed by atoms with van der Waals surface area (Å²) in [7, 11) is -3.46. The van der Waals surface area contributed by atoms with Crippen LogP contribution < -0.4 is 10.0 Å². The van der Waals surface area contributed by atoms with Crippen molar-refractivity contribution in [1.29, 1.82) is 0 Å². The zero-order valence-electron chi connectivity index (χ0n) is 12.8. The Hall–Kier alpha value is -1.60. The smallest absolute Gasteiger partial charge is 0.321 e. The number of hydrogen-bond donors (Lipinski definition) is 2. The van der Waals surface area contributed by atoms with Crippen molar-refractivity contribution in [3.63, 3.8) is 0 Å². The number of benzene rings is 1. The number of likely N-dealkylation sites (tertiary alicyclic amines) is 1. The highest BCUT2D eigenvalue weighted by Gasteiger charge is 2.17. The SMILES string of the molecule is CCCNS(=O)(=O)c1ccc(NC(=O)N2CCCCC2)cc1. The Balaban J connectivity index is 1.98. The first-order valence-corrected chi connectivity index (χ1v) is 9.17. The molecule has 1 aromatic carbocycles. The van der Waals surface area contributed by atoms with Crippen LogP contribution in [0.4, 0.5) is 10.5 Å². The van der Waals surface area contributed by atoms with E-state index in [1.165, 1.54) is 18.6 Å². The summed E-state index contributed by atoms with van der Waals surface area (Å²) in [5.74, 6) is 0. The van der Waals surface area contributed by atoms with Crippen molar-refractivity contribution >= 4 is 21.7 Å². The van der Waals surface area contributed by atoms with Crippen molar-refractivity contribution in [1.82, 2.24) is 9.62 Å². The van der Waals surface area contributed by atoms with Crippen molar-refractivity contribution in [2.45, 2.75) is 37.5 Å². The molecule has 1 heterocycles. The zero-order chi connectivity index (χ0) is 16.0. The van der Waals surface area contributed by atoms with Crippen LogP contribution in [0.25, 0.3) is 0 Å². The van der Waals surface area contributed by atoms with Crippen LogP contribution in [0, 0.1) is 0 Å². The fourth-order valence-electron chi connectivity index (χ4n) is 2.34. The van der Waals surface area contributed by atoms with Gasteiger partial charge in [0, 0.05) is 25.3 Å². The van der Waals surface area contributed by atoms with Gasteiger partial charge < -0.3 is 10.2 Å². The minimum atomic E-state index is -3.46. The largest absolute Gasteiger partial charge is 0.325 e. The molecule has 0 radical (unpaired) electrons. The first kappa shape index (κ1) is 16.8. The van der Waals surface area contributed by atoms with E-state index in [2.05, 4.69) is 10.0 Å². The third kappa shape index (κ3) is 4.45. The molecule has 0 bridgehead atoms. The number of nitrogens with zero attached hydrogens (tertiary/aromatic N) is 1. The van der Waals surface area contributed by atoms with Crippen molar-refractivity contribution in [3.8, 4) is 0 Å². The van der Waals surface area contributed by atoms with Crippen LogP contribution in [0.2, 0.25) is 0 Å². The zero-order valence-corrected chi connectivity index (χ0v) is 13.7. The first-order chi connectivity index (χ1) is 10.5. The standard InChI is InChI=1S/C15H23N3O3S/c1-2-10-16-22(20,21)14-8-6-13(7-9-14)17-15(19)18-11-4-3-5-12-18/h6-9,16H,2-5,10-12H2,1H3,(H,17,19). The van der Waals surface area contributed by atoms with Crippen molar-refractivity contribution in [2.24, 2.45) is 0 Å². The molecule has 1 aliphatic heterocycles. The summed E-state index contributed by atoms with van der Waals surface area (Å²) in [5, 5.41) is 2.81. The number of amides is 2. The maximum absolute atomic E-state index is 12.1. The fourth-order valence-corrected chi connectivity index (χ4v) is 3.47. The highest BCUT2D eigenvalue weighted by Crippen LogP contribution is 2.16. The second-order valence-electron chi connectivity index (χ2n) is 5.40. The number of anilines is 1. The van der Waals surface area contributed by atoms with Gasteiger partial charge in [0.25, 0.3) is 0 Å². The molecule has 0 atom stereocenters. The second-order valence-corrected chi connectivity index (χ2v) is 7.17. The minimum Gasteiger partial charge on any atom is -0.325 e. The summed E-state index contributed by atoms with van der Waals surface area (Å²) in [6.45, 7) is 3.87. The Kier molecular flexibility index (Phi) is 5.79. The number of nitrogens with one attached hydrogen (secondary N) is 2. The number of carbonyl (C=O) groups is 1. The van der Waals surface area contributed by atoms with Crippen LogP contribution in [0.3, 0.4) is 0 Å². The van der Waals surface area contributed by atoms with Gasteiger partial charge in [-0.25, -0.2) is 17.9 Å². The summed E-state index contributed by atoms with van der Waals surface area (Å²) in [6, 6.07) is 6.11. The van der Waals surface area contributed by atoms with Crippen molar-refractivity contribution in [2.75, 3.05) is 25.0 Å². The molecule has 122 valence electrons. The monoisotopic (exact) mass is 325 g/mol. The first-order valence-electron chi connectivity index (χ1n) is 7.68. The minimum absolute atomic E-state index is 0.126. The van der Waals surface area contributed by atoms with E-state index in [0.717, 1.165) is 32.4 Å². The van der Waals surface area contributed by atoms with Crippen molar-refractivity contribution < 1.29 is 13.2 Å². The molecule has 2 rings (SSSR count). The van der Waals surface area contributed by atoms with Gasteiger partial charge in [-0.15, -0.1) is 0 Å². The van der Waals surface area contributed by atoms with Gasteiger partial charge >= 0.3 is 6.03 Å². The lowest BCUT2D eigenvalue weighted by Gasteiger charge is -2.26. The molecule has 1 fully saturated rings. The second kappa shape index (κ2) is 7.60. The summed E-state index contributed by atoms with van der Waals surface area (Å²) in [6.07, 6.45) is 3.98. The Morgan fingerprint density at radius 2 is 1.77 bits per heavy atom. The van der Waals surface area contributed by atoms with Gasteiger partial charge in [-0.2, -0.15) is 0 Å². The van der Waals surface area contributed by atoms with E-state index >= 15 is 0 Å². The van der Waals surface area contributed by atoms with Gasteiger partial charge in [0.2, 0.25) is 10.0 Å². The summed E-state index contributed by atoms with van der Waals surface area (Å²) in [4.78, 5) is 14.1. The molecule has 2 N–H and O–H groups in total. The maximum Gasteiger partial charge on any atom is 0.321 e. The molecule has 0 spiro atoms. The van der Waals surface area contributed by atoms with E-state index in [9.17, 15) is 13.2 Å². The third-order valence-corrected chi connectivity index (χ3v) is 5.08.